The molecule has 0 bridgehead atoms. The van der Waals surface area contributed by atoms with Crippen molar-refractivity contribution in [1.29, 1.82) is 0 Å². The summed E-state index contributed by atoms with van der Waals surface area (Å²) in [6, 6.07) is 6.59. The maximum Gasteiger partial charge on any atom is 0.228 e. The predicted octanol–water partition coefficient (Wildman–Crippen LogP) is 3.92. The molecule has 0 amide bonds. The second kappa shape index (κ2) is 6.71. The van der Waals surface area contributed by atoms with Crippen LogP contribution in [-0.2, 0) is 6.42 Å². The van der Waals surface area contributed by atoms with Gasteiger partial charge in [0.05, 0.1) is 6.04 Å². The van der Waals surface area contributed by atoms with Crippen LogP contribution >= 0.6 is 0 Å². The van der Waals surface area contributed by atoms with E-state index in [0.29, 0.717) is 18.3 Å². The van der Waals surface area contributed by atoms with Gasteiger partial charge in [0.1, 0.15) is 0 Å². The molecule has 0 aliphatic heterocycles. The Bertz CT molecular complexity index is 733. The highest BCUT2D eigenvalue weighted by molar-refractivity contribution is 5.44. The van der Waals surface area contributed by atoms with Gasteiger partial charge in [-0.1, -0.05) is 44.0 Å². The fourth-order valence-corrected chi connectivity index (χ4v) is 3.32. The number of halogens is 1. The molecule has 6 heteroatoms. The van der Waals surface area contributed by atoms with E-state index >= 15 is 0 Å². The van der Waals surface area contributed by atoms with Gasteiger partial charge in [0.25, 0.3) is 0 Å². The van der Waals surface area contributed by atoms with Gasteiger partial charge in [0, 0.05) is 0 Å². The quantitative estimate of drug-likeness (QED) is 0.869. The molecule has 2 aromatic rings. The molecule has 3 rings (SSSR count). The molecule has 1 aromatic carbocycles. The van der Waals surface area contributed by atoms with Crippen LogP contribution in [0, 0.1) is 12.8 Å². The molecular weight excluding hydrogens is 305 g/mol. The first-order valence-electron chi connectivity index (χ1n) is 8.49. The zero-order valence-electron chi connectivity index (χ0n) is 14.4. The van der Waals surface area contributed by atoms with Crippen LogP contribution in [0.5, 0.6) is 0 Å². The van der Waals surface area contributed by atoms with Gasteiger partial charge in [0.2, 0.25) is 11.9 Å². The van der Waals surface area contributed by atoms with Crippen LogP contribution in [0.15, 0.2) is 18.2 Å². The number of hydrogen-bond donors (Lipinski definition) is 2. The molecule has 1 aromatic heterocycles. The van der Waals surface area contributed by atoms with Crippen molar-refractivity contribution in [3.8, 4) is 0 Å². The first-order chi connectivity index (χ1) is 11.5. The highest BCUT2D eigenvalue weighted by Gasteiger charge is 2.30. The van der Waals surface area contributed by atoms with E-state index < -0.39 is 6.17 Å². The highest BCUT2D eigenvalue weighted by Crippen LogP contribution is 2.38. The molecule has 0 spiro atoms. The van der Waals surface area contributed by atoms with Crippen molar-refractivity contribution in [2.45, 2.75) is 52.2 Å². The lowest BCUT2D eigenvalue weighted by atomic mass is 10.0. The summed E-state index contributed by atoms with van der Waals surface area (Å²) in [6.45, 7) is 6.20. The zero-order valence-corrected chi connectivity index (χ0v) is 14.4. The monoisotopic (exact) mass is 329 g/mol. The van der Waals surface area contributed by atoms with Crippen LogP contribution in [0.2, 0.25) is 0 Å². The van der Waals surface area contributed by atoms with E-state index in [0.717, 1.165) is 12.8 Å². The van der Waals surface area contributed by atoms with E-state index in [-0.39, 0.29) is 17.8 Å². The van der Waals surface area contributed by atoms with Gasteiger partial charge in [-0.2, -0.15) is 15.0 Å². The minimum absolute atomic E-state index is 0.0522. The van der Waals surface area contributed by atoms with Gasteiger partial charge in [-0.25, -0.2) is 4.39 Å². The molecule has 5 nitrogen and oxygen atoms in total. The van der Waals surface area contributed by atoms with Crippen LogP contribution in [-0.4, -0.2) is 15.0 Å². The summed E-state index contributed by atoms with van der Waals surface area (Å²) in [6.07, 6.45) is 0.894. The summed E-state index contributed by atoms with van der Waals surface area (Å²) in [7, 11) is 0. The molecule has 0 saturated heterocycles. The summed E-state index contributed by atoms with van der Waals surface area (Å²) >= 11 is 0. The number of nitrogens with two attached hydrogens (primary N) is 1. The molecule has 0 radical (unpaired) electrons. The van der Waals surface area contributed by atoms with Gasteiger partial charge in [0.15, 0.2) is 12.0 Å². The van der Waals surface area contributed by atoms with Gasteiger partial charge in [-0.15, -0.1) is 0 Å². The van der Waals surface area contributed by atoms with Crippen molar-refractivity contribution < 1.29 is 4.39 Å². The Hall–Kier alpha value is -2.24. The minimum Gasteiger partial charge on any atom is -0.368 e. The smallest absolute Gasteiger partial charge is 0.228 e. The Balaban J connectivity index is 1.88. The molecule has 24 heavy (non-hydrogen) atoms. The summed E-state index contributed by atoms with van der Waals surface area (Å²) in [4.78, 5) is 12.3. The lowest BCUT2D eigenvalue weighted by Gasteiger charge is -2.19. The molecule has 3 atom stereocenters. The number of nitrogens with one attached hydrogen (secondary N) is 1. The second-order valence-corrected chi connectivity index (χ2v) is 6.64. The number of alkyl halides is 1. The third-order valence-corrected chi connectivity index (χ3v) is 4.52. The summed E-state index contributed by atoms with van der Waals surface area (Å²) in [5.41, 5.74) is 9.56. The van der Waals surface area contributed by atoms with Crippen LogP contribution < -0.4 is 11.1 Å². The number of aromatic nitrogens is 3. The van der Waals surface area contributed by atoms with Crippen molar-refractivity contribution in [1.82, 2.24) is 15.0 Å². The zero-order chi connectivity index (χ0) is 17.3. The third kappa shape index (κ3) is 3.32. The number of fused-ring (bicyclic) bond motifs is 1. The second-order valence-electron chi connectivity index (χ2n) is 6.64. The number of anilines is 2. The third-order valence-electron chi connectivity index (χ3n) is 4.52. The number of nitrogen functional groups attached to an aromatic ring is 1. The van der Waals surface area contributed by atoms with Crippen LogP contribution in [0.4, 0.5) is 16.3 Å². The Labute approximate surface area is 141 Å². The number of rotatable bonds is 5. The van der Waals surface area contributed by atoms with Gasteiger partial charge in [-0.3, -0.25) is 0 Å². The van der Waals surface area contributed by atoms with Crippen LogP contribution in [0.1, 0.15) is 61.4 Å². The fourth-order valence-electron chi connectivity index (χ4n) is 3.32. The van der Waals surface area contributed by atoms with Crippen molar-refractivity contribution in [3.05, 3.63) is 40.7 Å². The van der Waals surface area contributed by atoms with E-state index in [4.69, 9.17) is 5.73 Å². The van der Waals surface area contributed by atoms with E-state index in [2.05, 4.69) is 52.3 Å². The normalized spacial score (nSPS) is 20.7. The highest BCUT2D eigenvalue weighted by atomic mass is 19.1. The van der Waals surface area contributed by atoms with Gasteiger partial charge < -0.3 is 11.1 Å². The average molecular weight is 329 g/mol. The van der Waals surface area contributed by atoms with Gasteiger partial charge >= 0.3 is 0 Å². The lowest BCUT2D eigenvalue weighted by Crippen LogP contribution is -2.18. The average Bonchev–Trinajstić information content (AvgIpc) is 2.83. The van der Waals surface area contributed by atoms with Crippen LogP contribution in [0.3, 0.4) is 0 Å². The predicted molar refractivity (Wildman–Crippen MR) is 93.4 cm³/mol. The standard InChI is InChI=1S/C18H24FN5/c1-4-5-14(19)16-22-17(20)24-18(23-16)21-15-11(3)9-12-7-6-10(2)8-13(12)15/h6-8,11,14-15H,4-5,9H2,1-3H3,(H3,20,21,22,23,24)/t11-,14?,15+/m0/s1. The Morgan fingerprint density at radius 1 is 1.33 bits per heavy atom. The molecule has 1 heterocycles. The molecule has 128 valence electrons. The Kier molecular flexibility index (Phi) is 4.64. The van der Waals surface area contributed by atoms with E-state index in [1.165, 1.54) is 16.7 Å². The van der Waals surface area contributed by atoms with E-state index in [1.807, 2.05) is 6.92 Å². The first kappa shape index (κ1) is 16.6. The number of benzene rings is 1. The molecule has 3 N–H and O–H groups in total. The SMILES string of the molecule is CCCC(F)c1nc(N)nc(N[C@H]2c3cc(C)ccc3C[C@@H]2C)n1. The maximum absolute atomic E-state index is 14.1. The van der Waals surface area contributed by atoms with Crippen molar-refractivity contribution >= 4 is 11.9 Å². The van der Waals surface area contributed by atoms with Crippen molar-refractivity contribution in [2.24, 2.45) is 5.92 Å². The maximum atomic E-state index is 14.1. The fraction of sp³-hybridized carbons (Fsp3) is 0.500. The minimum atomic E-state index is -1.21. The van der Waals surface area contributed by atoms with E-state index in [9.17, 15) is 4.39 Å². The molecular formula is C18H24FN5. The lowest BCUT2D eigenvalue weighted by molar-refractivity contribution is 0.305. The number of aryl methyl sites for hydroxylation is 1. The Morgan fingerprint density at radius 2 is 2.12 bits per heavy atom. The topological polar surface area (TPSA) is 76.7 Å². The molecule has 1 aliphatic carbocycles. The van der Waals surface area contributed by atoms with Gasteiger partial charge in [-0.05, 0) is 36.8 Å². The Morgan fingerprint density at radius 3 is 2.88 bits per heavy atom. The molecule has 0 fully saturated rings. The summed E-state index contributed by atoms with van der Waals surface area (Å²) < 4.78 is 14.1. The molecule has 0 saturated carbocycles. The van der Waals surface area contributed by atoms with Crippen molar-refractivity contribution in [3.63, 3.8) is 0 Å². The summed E-state index contributed by atoms with van der Waals surface area (Å²) in [5, 5.41) is 3.34. The number of hydrogen-bond acceptors (Lipinski definition) is 5. The molecule has 1 unspecified atom stereocenters. The largest absolute Gasteiger partial charge is 0.368 e. The van der Waals surface area contributed by atoms with Crippen molar-refractivity contribution in [2.75, 3.05) is 11.1 Å². The van der Waals surface area contributed by atoms with Crippen LogP contribution in [0.25, 0.3) is 0 Å². The first-order valence-corrected chi connectivity index (χ1v) is 8.49. The van der Waals surface area contributed by atoms with E-state index in [1.54, 1.807) is 0 Å². The summed E-state index contributed by atoms with van der Waals surface area (Å²) in [5.74, 6) is 0.917. The number of nitrogens with zero attached hydrogens (tertiary/aromatic N) is 3. The molecule has 1 aliphatic rings.